The maximum atomic E-state index is 12.7. The predicted octanol–water partition coefficient (Wildman–Crippen LogP) is 4.46. The number of fused-ring (bicyclic) bond motifs is 3. The van der Waals surface area contributed by atoms with E-state index in [4.69, 9.17) is 4.74 Å². The summed E-state index contributed by atoms with van der Waals surface area (Å²) in [7, 11) is 0. The molecule has 5 rings (SSSR count). The van der Waals surface area contributed by atoms with E-state index in [1.165, 1.54) is 32.6 Å². The molecule has 0 heterocycles. The van der Waals surface area contributed by atoms with Crippen molar-refractivity contribution in [1.29, 1.82) is 0 Å². The van der Waals surface area contributed by atoms with Gasteiger partial charge in [0.05, 0.1) is 0 Å². The molecule has 1 unspecified atom stereocenters. The van der Waals surface area contributed by atoms with Crippen LogP contribution >= 0.6 is 12.4 Å². The average molecular weight is 422 g/mol. The van der Waals surface area contributed by atoms with Crippen molar-refractivity contribution in [3.05, 3.63) is 12.7 Å². The number of hydrogen-bond acceptors (Lipinski definition) is 4. The molecule has 5 aliphatic rings. The Labute approximate surface area is 181 Å². The number of ketones is 1. The Morgan fingerprint density at radius 2 is 2.03 bits per heavy atom. The Morgan fingerprint density at radius 1 is 1.24 bits per heavy atom. The van der Waals surface area contributed by atoms with Gasteiger partial charge in [0, 0.05) is 31.3 Å². The standard InChI is InChI=1S/C24H35NO3.ClH/c1-4-11-25-20-12-17-18-5-6-21(27)22(18,3)9-8-19(17)23-10-7-16(28-15(2)26)13-24(20,23)14-23;/h4,16-20,25H,1,5-14H2,2-3H3;1H/t16-,17-,18-,19-,20?,22-,23-,24+;/m0./s1. The van der Waals surface area contributed by atoms with Gasteiger partial charge in [0.25, 0.3) is 0 Å². The van der Waals surface area contributed by atoms with E-state index < -0.39 is 0 Å². The van der Waals surface area contributed by atoms with Crippen molar-refractivity contribution in [2.45, 2.75) is 83.8 Å². The van der Waals surface area contributed by atoms with E-state index in [0.29, 0.717) is 29.1 Å². The van der Waals surface area contributed by atoms with Crippen LogP contribution in [0.25, 0.3) is 0 Å². The molecule has 0 aromatic heterocycles. The number of carbonyl (C=O) groups excluding carboxylic acids is 2. The number of carbonyl (C=O) groups is 2. The molecule has 0 aromatic carbocycles. The highest BCUT2D eigenvalue weighted by Crippen LogP contribution is 2.82. The van der Waals surface area contributed by atoms with Gasteiger partial charge in [0.1, 0.15) is 11.9 Å². The van der Waals surface area contributed by atoms with Gasteiger partial charge in [0.15, 0.2) is 0 Å². The summed E-state index contributed by atoms with van der Waals surface area (Å²) in [5.41, 5.74) is 0.634. The third kappa shape index (κ3) is 2.81. The first-order chi connectivity index (χ1) is 13.4. The van der Waals surface area contributed by atoms with E-state index in [1.54, 1.807) is 0 Å². The second-order valence-corrected chi connectivity index (χ2v) is 10.7. The molecule has 5 aliphatic carbocycles. The zero-order valence-electron chi connectivity index (χ0n) is 17.9. The van der Waals surface area contributed by atoms with E-state index in [0.717, 1.165) is 44.6 Å². The largest absolute Gasteiger partial charge is 0.463 e. The van der Waals surface area contributed by atoms with Crippen molar-refractivity contribution in [2.24, 2.45) is 34.0 Å². The Hall–Kier alpha value is -0.870. The van der Waals surface area contributed by atoms with Crippen LogP contribution in [0.3, 0.4) is 0 Å². The molecule has 0 radical (unpaired) electrons. The SMILES string of the molecule is C=CCNC1C[C@@H]2[C@H](CC[C@]3(C)C(=O)CC[C@@H]23)[C@@]23CC[C@H](OC(C)=O)C[C@@]12C3.Cl. The molecule has 0 spiro atoms. The fraction of sp³-hybridized carbons (Fsp3) is 0.833. The molecule has 162 valence electrons. The summed E-state index contributed by atoms with van der Waals surface area (Å²) in [6.07, 6.45) is 11.9. The molecule has 0 amide bonds. The third-order valence-corrected chi connectivity index (χ3v) is 9.87. The van der Waals surface area contributed by atoms with E-state index in [9.17, 15) is 9.59 Å². The number of ether oxygens (including phenoxy) is 1. The highest BCUT2D eigenvalue weighted by molar-refractivity contribution is 5.87. The Bertz CT molecular complexity index is 725. The van der Waals surface area contributed by atoms with Crippen LogP contribution in [0.4, 0.5) is 0 Å². The molecule has 1 N–H and O–H groups in total. The van der Waals surface area contributed by atoms with Crippen LogP contribution in [0.1, 0.15) is 71.6 Å². The van der Waals surface area contributed by atoms with Gasteiger partial charge in [-0.2, -0.15) is 0 Å². The number of halogens is 1. The second-order valence-electron chi connectivity index (χ2n) is 10.7. The predicted molar refractivity (Wildman–Crippen MR) is 115 cm³/mol. The van der Waals surface area contributed by atoms with Gasteiger partial charge < -0.3 is 10.1 Å². The minimum Gasteiger partial charge on any atom is -0.463 e. The van der Waals surface area contributed by atoms with Gasteiger partial charge in [-0.25, -0.2) is 0 Å². The molecular weight excluding hydrogens is 386 g/mol. The normalized spacial score (nSPS) is 49.6. The van der Waals surface area contributed by atoms with Crippen LogP contribution in [0, 0.1) is 34.0 Å². The maximum absolute atomic E-state index is 12.7. The lowest BCUT2D eigenvalue weighted by molar-refractivity contribution is -0.153. The van der Waals surface area contributed by atoms with Crippen LogP contribution < -0.4 is 5.32 Å². The number of Topliss-reactive ketones (excluding diaryl/α,β-unsaturated/α-hetero) is 1. The van der Waals surface area contributed by atoms with Crippen molar-refractivity contribution < 1.29 is 14.3 Å². The van der Waals surface area contributed by atoms with Crippen LogP contribution in [-0.2, 0) is 14.3 Å². The Balaban J connectivity index is 0.00000205. The van der Waals surface area contributed by atoms with Gasteiger partial charge in [0.2, 0.25) is 0 Å². The molecule has 8 atom stereocenters. The topological polar surface area (TPSA) is 55.4 Å². The monoisotopic (exact) mass is 421 g/mol. The smallest absolute Gasteiger partial charge is 0.302 e. The minimum absolute atomic E-state index is 0. The molecule has 0 aliphatic heterocycles. The first-order valence-electron chi connectivity index (χ1n) is 11.4. The number of nitrogens with one attached hydrogen (secondary N) is 1. The van der Waals surface area contributed by atoms with E-state index >= 15 is 0 Å². The molecule has 0 saturated heterocycles. The highest BCUT2D eigenvalue weighted by atomic mass is 35.5. The quantitative estimate of drug-likeness (QED) is 0.537. The first-order valence-corrected chi connectivity index (χ1v) is 11.4. The summed E-state index contributed by atoms with van der Waals surface area (Å²) < 4.78 is 5.69. The lowest BCUT2D eigenvalue weighted by atomic mass is 9.49. The summed E-state index contributed by atoms with van der Waals surface area (Å²) in [6, 6.07) is 0.461. The lowest BCUT2D eigenvalue weighted by Gasteiger charge is -2.56. The molecule has 5 heteroatoms. The molecule has 29 heavy (non-hydrogen) atoms. The zero-order chi connectivity index (χ0) is 19.7. The Morgan fingerprint density at radius 3 is 2.76 bits per heavy atom. The van der Waals surface area contributed by atoms with Crippen LogP contribution in [0.2, 0.25) is 0 Å². The van der Waals surface area contributed by atoms with E-state index in [2.05, 4.69) is 18.8 Å². The van der Waals surface area contributed by atoms with Crippen LogP contribution in [0.5, 0.6) is 0 Å². The summed E-state index contributed by atoms with van der Waals surface area (Å²) in [5, 5.41) is 3.81. The molecule has 5 saturated carbocycles. The van der Waals surface area contributed by atoms with Crippen molar-refractivity contribution >= 4 is 24.2 Å². The number of rotatable bonds is 4. The third-order valence-electron chi connectivity index (χ3n) is 9.87. The molecule has 5 fully saturated rings. The van der Waals surface area contributed by atoms with Crippen molar-refractivity contribution in [2.75, 3.05) is 6.54 Å². The average Bonchev–Trinajstić information content (AvgIpc) is 3.26. The van der Waals surface area contributed by atoms with Gasteiger partial charge in [-0.3, -0.25) is 9.59 Å². The highest BCUT2D eigenvalue weighted by Gasteiger charge is 2.79. The van der Waals surface area contributed by atoms with Gasteiger partial charge in [-0.1, -0.05) is 13.0 Å². The van der Waals surface area contributed by atoms with Gasteiger partial charge in [-0.15, -0.1) is 19.0 Å². The molecular formula is C24H36ClNO3. The number of hydrogen-bond donors (Lipinski definition) is 1. The fourth-order valence-electron chi connectivity index (χ4n) is 8.77. The van der Waals surface area contributed by atoms with Crippen molar-refractivity contribution in [3.63, 3.8) is 0 Å². The minimum atomic E-state index is -0.142. The van der Waals surface area contributed by atoms with Crippen LogP contribution in [0.15, 0.2) is 12.7 Å². The van der Waals surface area contributed by atoms with Gasteiger partial charge >= 0.3 is 5.97 Å². The summed E-state index contributed by atoms with van der Waals surface area (Å²) in [4.78, 5) is 24.3. The van der Waals surface area contributed by atoms with Gasteiger partial charge in [-0.05, 0) is 80.0 Å². The van der Waals surface area contributed by atoms with E-state index in [-0.39, 0.29) is 35.3 Å². The first kappa shape index (κ1) is 21.4. The maximum Gasteiger partial charge on any atom is 0.302 e. The Kier molecular flexibility index (Phi) is 5.22. The van der Waals surface area contributed by atoms with E-state index in [1.807, 2.05) is 6.08 Å². The van der Waals surface area contributed by atoms with Crippen molar-refractivity contribution in [1.82, 2.24) is 5.32 Å². The summed E-state index contributed by atoms with van der Waals surface area (Å²) in [5.74, 6) is 2.39. The van der Waals surface area contributed by atoms with Crippen molar-refractivity contribution in [3.8, 4) is 0 Å². The molecule has 0 bridgehead atoms. The molecule has 4 nitrogen and oxygen atoms in total. The summed E-state index contributed by atoms with van der Waals surface area (Å²) in [6.45, 7) is 8.55. The van der Waals surface area contributed by atoms with Crippen LogP contribution in [-0.4, -0.2) is 30.4 Å². The number of esters is 1. The lowest BCUT2D eigenvalue weighted by Crippen LogP contribution is -2.57. The fourth-order valence-corrected chi connectivity index (χ4v) is 8.77. The molecule has 0 aromatic rings. The zero-order valence-corrected chi connectivity index (χ0v) is 18.7. The summed E-state index contributed by atoms with van der Waals surface area (Å²) >= 11 is 0. The second kappa shape index (κ2) is 7.09.